The number of nitrogens with zero attached hydrogens (tertiary/aromatic N) is 2. The van der Waals surface area contributed by atoms with Crippen molar-refractivity contribution in [1.82, 2.24) is 10.4 Å². The highest BCUT2D eigenvalue weighted by Crippen LogP contribution is 2.32. The number of rotatable bonds is 3. The van der Waals surface area contributed by atoms with E-state index in [1.165, 1.54) is 16.9 Å². The second-order valence-corrected chi connectivity index (χ2v) is 6.53. The Balaban J connectivity index is 1.65. The zero-order valence-electron chi connectivity index (χ0n) is 11.9. The normalized spacial score (nSPS) is 17.7. The van der Waals surface area contributed by atoms with Crippen molar-refractivity contribution < 1.29 is 4.79 Å². The van der Waals surface area contributed by atoms with Crippen molar-refractivity contribution in [2.45, 2.75) is 26.2 Å². The van der Waals surface area contributed by atoms with Gasteiger partial charge in [0, 0.05) is 22.8 Å². The van der Waals surface area contributed by atoms with Crippen LogP contribution in [0.4, 0.5) is 0 Å². The van der Waals surface area contributed by atoms with Crippen LogP contribution in [0.1, 0.15) is 39.0 Å². The number of amides is 1. The van der Waals surface area contributed by atoms with Gasteiger partial charge in [0.25, 0.3) is 5.91 Å². The lowest BCUT2D eigenvalue weighted by molar-refractivity contribution is 0.0959. The van der Waals surface area contributed by atoms with Gasteiger partial charge in [-0.15, -0.1) is 11.3 Å². The van der Waals surface area contributed by atoms with Crippen molar-refractivity contribution in [1.29, 1.82) is 0 Å². The number of pyridine rings is 1. The molecule has 0 saturated carbocycles. The first-order valence-corrected chi connectivity index (χ1v) is 7.89. The summed E-state index contributed by atoms with van der Waals surface area (Å²) in [4.78, 5) is 18.2. The summed E-state index contributed by atoms with van der Waals surface area (Å²) >= 11 is 1.59. The fourth-order valence-corrected chi connectivity index (χ4v) is 3.59. The third-order valence-corrected chi connectivity index (χ3v) is 4.85. The molecule has 0 radical (unpaired) electrons. The first-order chi connectivity index (χ1) is 10.2. The summed E-state index contributed by atoms with van der Waals surface area (Å²) in [5.74, 6) is 0.578. The Morgan fingerprint density at radius 1 is 1.57 bits per heavy atom. The molecule has 0 spiro atoms. The lowest BCUT2D eigenvalue weighted by Crippen LogP contribution is -2.16. The minimum absolute atomic E-state index is 0.137. The van der Waals surface area contributed by atoms with Crippen LogP contribution in [0.5, 0.6) is 0 Å². The van der Waals surface area contributed by atoms with Gasteiger partial charge in [-0.2, -0.15) is 5.10 Å². The molecule has 4 nitrogen and oxygen atoms in total. The molecule has 2 heterocycles. The highest BCUT2D eigenvalue weighted by atomic mass is 32.1. The van der Waals surface area contributed by atoms with Crippen LogP contribution < -0.4 is 5.43 Å². The summed E-state index contributed by atoms with van der Waals surface area (Å²) in [6, 6.07) is 5.73. The number of hydrogen-bond acceptors (Lipinski definition) is 4. The number of carbonyl (C=O) groups is 1. The first kappa shape index (κ1) is 13.9. The summed E-state index contributed by atoms with van der Waals surface area (Å²) in [6.45, 7) is 2.26. The van der Waals surface area contributed by atoms with E-state index in [4.69, 9.17) is 0 Å². The van der Waals surface area contributed by atoms with E-state index >= 15 is 0 Å². The molecule has 1 amide bonds. The third-order valence-electron chi connectivity index (χ3n) is 3.62. The molecule has 0 saturated heterocycles. The van der Waals surface area contributed by atoms with Gasteiger partial charge in [-0.3, -0.25) is 9.78 Å². The van der Waals surface area contributed by atoms with E-state index in [2.05, 4.69) is 22.4 Å². The van der Waals surface area contributed by atoms with Crippen LogP contribution in [0.15, 0.2) is 35.7 Å². The standard InChI is InChI=1S/C16H17N3OS/c1-11-4-5-14-13(7-11)8-15(21-14)16(20)19-18-10-12-3-2-6-17-9-12/h2-3,6,8-11H,4-5,7H2,1H3,(H,19,20)/b18-10-/t11-/m0/s1. The molecule has 0 bridgehead atoms. The molecule has 0 unspecified atom stereocenters. The Bertz CT molecular complexity index is 663. The molecule has 0 aliphatic heterocycles. The molecule has 1 aliphatic rings. The molecule has 1 N–H and O–H groups in total. The van der Waals surface area contributed by atoms with Crippen LogP contribution in [0.3, 0.4) is 0 Å². The van der Waals surface area contributed by atoms with Gasteiger partial charge in [0.1, 0.15) is 0 Å². The number of carbonyl (C=O) groups excluding carboxylic acids is 1. The molecule has 0 aromatic carbocycles. The molecular weight excluding hydrogens is 282 g/mol. The van der Waals surface area contributed by atoms with Gasteiger partial charge in [-0.05, 0) is 42.9 Å². The van der Waals surface area contributed by atoms with E-state index < -0.39 is 0 Å². The fourth-order valence-electron chi connectivity index (χ4n) is 2.49. The Morgan fingerprint density at radius 2 is 2.48 bits per heavy atom. The first-order valence-electron chi connectivity index (χ1n) is 7.07. The quantitative estimate of drug-likeness (QED) is 0.699. The number of fused-ring (bicyclic) bond motifs is 1. The van der Waals surface area contributed by atoms with Crippen molar-refractivity contribution >= 4 is 23.5 Å². The maximum Gasteiger partial charge on any atom is 0.281 e. The predicted octanol–water partition coefficient (Wildman–Crippen LogP) is 3.03. The average molecular weight is 299 g/mol. The molecule has 5 heteroatoms. The monoisotopic (exact) mass is 299 g/mol. The summed E-state index contributed by atoms with van der Waals surface area (Å²) < 4.78 is 0. The summed E-state index contributed by atoms with van der Waals surface area (Å²) in [6.07, 6.45) is 8.38. The SMILES string of the molecule is C[C@H]1CCc2sc(C(=O)N/N=C\c3cccnc3)cc2C1. The minimum Gasteiger partial charge on any atom is -0.266 e. The van der Waals surface area contributed by atoms with Gasteiger partial charge in [0.15, 0.2) is 0 Å². The zero-order chi connectivity index (χ0) is 14.7. The van der Waals surface area contributed by atoms with Crippen LogP contribution in [-0.2, 0) is 12.8 Å². The van der Waals surface area contributed by atoms with Crippen molar-refractivity contribution in [3.8, 4) is 0 Å². The summed E-state index contributed by atoms with van der Waals surface area (Å²) in [5.41, 5.74) is 4.77. The van der Waals surface area contributed by atoms with Gasteiger partial charge in [0.2, 0.25) is 0 Å². The Kier molecular flexibility index (Phi) is 4.10. The fraction of sp³-hybridized carbons (Fsp3) is 0.312. The highest BCUT2D eigenvalue weighted by Gasteiger charge is 2.20. The van der Waals surface area contributed by atoms with Gasteiger partial charge < -0.3 is 0 Å². The smallest absolute Gasteiger partial charge is 0.266 e. The predicted molar refractivity (Wildman–Crippen MR) is 84.8 cm³/mol. The molecule has 1 atom stereocenters. The van der Waals surface area contributed by atoms with Crippen molar-refractivity contribution in [3.05, 3.63) is 51.5 Å². The lowest BCUT2D eigenvalue weighted by Gasteiger charge is -2.16. The van der Waals surface area contributed by atoms with E-state index in [-0.39, 0.29) is 5.91 Å². The maximum atomic E-state index is 12.1. The van der Waals surface area contributed by atoms with Crippen LogP contribution >= 0.6 is 11.3 Å². The van der Waals surface area contributed by atoms with Crippen molar-refractivity contribution in [2.24, 2.45) is 11.0 Å². The van der Waals surface area contributed by atoms with Gasteiger partial charge >= 0.3 is 0 Å². The van der Waals surface area contributed by atoms with Crippen molar-refractivity contribution in [2.75, 3.05) is 0 Å². The van der Waals surface area contributed by atoms with Crippen molar-refractivity contribution in [3.63, 3.8) is 0 Å². The number of nitrogens with one attached hydrogen (secondary N) is 1. The van der Waals surface area contributed by atoms with Gasteiger partial charge in [-0.25, -0.2) is 5.43 Å². The lowest BCUT2D eigenvalue weighted by atomic mass is 9.90. The summed E-state index contributed by atoms with van der Waals surface area (Å²) in [7, 11) is 0. The highest BCUT2D eigenvalue weighted by molar-refractivity contribution is 7.14. The van der Waals surface area contributed by atoms with E-state index in [0.717, 1.165) is 23.3 Å². The number of aromatic nitrogens is 1. The molecule has 1 aliphatic carbocycles. The second kappa shape index (κ2) is 6.18. The van der Waals surface area contributed by atoms with E-state index in [0.29, 0.717) is 5.92 Å². The Labute approximate surface area is 127 Å². The Hall–Kier alpha value is -2.01. The molecule has 2 aromatic rings. The number of aryl methyl sites for hydroxylation is 1. The second-order valence-electron chi connectivity index (χ2n) is 5.39. The molecule has 108 valence electrons. The molecule has 2 aromatic heterocycles. The van der Waals surface area contributed by atoms with Crippen LogP contribution in [-0.4, -0.2) is 17.1 Å². The van der Waals surface area contributed by atoms with E-state index in [1.54, 1.807) is 29.9 Å². The van der Waals surface area contributed by atoms with Gasteiger partial charge in [-0.1, -0.05) is 13.0 Å². The molecule has 3 rings (SSSR count). The largest absolute Gasteiger partial charge is 0.281 e. The zero-order valence-corrected chi connectivity index (χ0v) is 12.7. The number of hydrazone groups is 1. The number of thiophene rings is 1. The minimum atomic E-state index is -0.137. The molecule has 0 fully saturated rings. The maximum absolute atomic E-state index is 12.1. The van der Waals surface area contributed by atoms with Crippen LogP contribution in [0.25, 0.3) is 0 Å². The van der Waals surface area contributed by atoms with E-state index in [1.807, 2.05) is 18.2 Å². The van der Waals surface area contributed by atoms with E-state index in [9.17, 15) is 4.79 Å². The topological polar surface area (TPSA) is 54.4 Å². The van der Waals surface area contributed by atoms with Crippen LogP contribution in [0.2, 0.25) is 0 Å². The number of hydrogen-bond donors (Lipinski definition) is 1. The third kappa shape index (κ3) is 3.36. The summed E-state index contributed by atoms with van der Waals surface area (Å²) in [5, 5.41) is 3.98. The Morgan fingerprint density at radius 3 is 3.29 bits per heavy atom. The van der Waals surface area contributed by atoms with Gasteiger partial charge in [0.05, 0.1) is 11.1 Å². The van der Waals surface area contributed by atoms with Crippen LogP contribution in [0, 0.1) is 5.92 Å². The average Bonchev–Trinajstić information content (AvgIpc) is 2.91. The molecule has 21 heavy (non-hydrogen) atoms. The molecular formula is C16H17N3OS.